The van der Waals surface area contributed by atoms with Gasteiger partial charge in [0, 0.05) is 23.3 Å². The second-order valence-corrected chi connectivity index (χ2v) is 4.66. The zero-order valence-corrected chi connectivity index (χ0v) is 11.4. The standard InChI is InChI=1S/C14H11ClN4O/c1-8-7-12(19-14(16)18-8)20-11-5-4-10(15)9-3-2-6-17-13(9)11/h2-7H,1H3,(H2,16,18,19). The number of ether oxygens (including phenoxy) is 1. The molecule has 0 saturated heterocycles. The fourth-order valence-corrected chi connectivity index (χ4v) is 2.14. The van der Waals surface area contributed by atoms with Crippen molar-refractivity contribution >= 4 is 28.5 Å². The maximum absolute atomic E-state index is 6.14. The number of aromatic nitrogens is 3. The average molecular weight is 287 g/mol. The summed E-state index contributed by atoms with van der Waals surface area (Å²) in [4.78, 5) is 12.3. The van der Waals surface area contributed by atoms with E-state index in [9.17, 15) is 0 Å². The van der Waals surface area contributed by atoms with Crippen LogP contribution in [0.1, 0.15) is 5.69 Å². The average Bonchev–Trinajstić information content (AvgIpc) is 2.41. The van der Waals surface area contributed by atoms with Crippen LogP contribution in [-0.2, 0) is 0 Å². The molecule has 0 saturated carbocycles. The van der Waals surface area contributed by atoms with Gasteiger partial charge in [0.05, 0.1) is 5.02 Å². The first-order valence-electron chi connectivity index (χ1n) is 5.96. The molecule has 0 atom stereocenters. The Bertz CT molecular complexity index is 771. The summed E-state index contributed by atoms with van der Waals surface area (Å²) in [6, 6.07) is 8.94. The molecule has 2 heterocycles. The Morgan fingerprint density at radius 3 is 2.85 bits per heavy atom. The maximum Gasteiger partial charge on any atom is 0.224 e. The largest absolute Gasteiger partial charge is 0.437 e. The minimum Gasteiger partial charge on any atom is -0.437 e. The molecule has 0 unspecified atom stereocenters. The molecule has 0 aliphatic rings. The molecular formula is C14H11ClN4O. The number of fused-ring (bicyclic) bond motifs is 1. The molecule has 0 aliphatic carbocycles. The Balaban J connectivity index is 2.09. The van der Waals surface area contributed by atoms with Crippen LogP contribution in [0.2, 0.25) is 5.02 Å². The third-order valence-electron chi connectivity index (χ3n) is 2.74. The zero-order chi connectivity index (χ0) is 14.1. The van der Waals surface area contributed by atoms with Crippen molar-refractivity contribution < 1.29 is 4.74 Å². The van der Waals surface area contributed by atoms with Gasteiger partial charge in [-0.1, -0.05) is 11.6 Å². The van der Waals surface area contributed by atoms with Crippen molar-refractivity contribution in [1.82, 2.24) is 15.0 Å². The van der Waals surface area contributed by atoms with Gasteiger partial charge in [0.2, 0.25) is 11.8 Å². The lowest BCUT2D eigenvalue weighted by molar-refractivity contribution is 0.466. The van der Waals surface area contributed by atoms with Crippen LogP contribution in [0.15, 0.2) is 36.5 Å². The Morgan fingerprint density at radius 1 is 1.20 bits per heavy atom. The summed E-state index contributed by atoms with van der Waals surface area (Å²) < 4.78 is 5.76. The molecular weight excluding hydrogens is 276 g/mol. The number of pyridine rings is 1. The molecule has 1 aromatic carbocycles. The molecule has 0 fully saturated rings. The van der Waals surface area contributed by atoms with Crippen molar-refractivity contribution in [2.75, 3.05) is 5.73 Å². The van der Waals surface area contributed by atoms with Crippen molar-refractivity contribution in [2.45, 2.75) is 6.92 Å². The van der Waals surface area contributed by atoms with E-state index in [4.69, 9.17) is 22.1 Å². The molecule has 3 rings (SSSR count). The molecule has 0 radical (unpaired) electrons. The molecule has 2 N–H and O–H groups in total. The third kappa shape index (κ3) is 2.35. The number of aryl methyl sites for hydroxylation is 1. The molecule has 100 valence electrons. The number of nitrogens with zero attached hydrogens (tertiary/aromatic N) is 3. The Labute approximate surface area is 120 Å². The number of nitrogen functional groups attached to an aromatic ring is 1. The number of hydrogen-bond acceptors (Lipinski definition) is 5. The first-order chi connectivity index (χ1) is 9.63. The number of rotatable bonds is 2. The topological polar surface area (TPSA) is 73.9 Å². The highest BCUT2D eigenvalue weighted by molar-refractivity contribution is 6.35. The highest BCUT2D eigenvalue weighted by atomic mass is 35.5. The fraction of sp³-hybridized carbons (Fsp3) is 0.0714. The van der Waals surface area contributed by atoms with Crippen molar-refractivity contribution in [3.63, 3.8) is 0 Å². The van der Waals surface area contributed by atoms with Crippen LogP contribution in [0.25, 0.3) is 10.9 Å². The van der Waals surface area contributed by atoms with Crippen LogP contribution in [-0.4, -0.2) is 15.0 Å². The number of nitrogens with two attached hydrogens (primary N) is 1. The molecule has 0 aliphatic heterocycles. The number of benzene rings is 1. The summed E-state index contributed by atoms with van der Waals surface area (Å²) in [5.74, 6) is 1.12. The van der Waals surface area contributed by atoms with Gasteiger partial charge in [0.1, 0.15) is 5.52 Å². The van der Waals surface area contributed by atoms with E-state index in [0.717, 1.165) is 11.1 Å². The molecule has 6 heteroatoms. The first-order valence-corrected chi connectivity index (χ1v) is 6.33. The third-order valence-corrected chi connectivity index (χ3v) is 3.07. The van der Waals surface area contributed by atoms with Crippen LogP contribution in [0.3, 0.4) is 0 Å². The molecule has 0 bridgehead atoms. The second kappa shape index (κ2) is 4.94. The number of hydrogen-bond donors (Lipinski definition) is 1. The first kappa shape index (κ1) is 12.6. The summed E-state index contributed by atoms with van der Waals surface area (Å²) in [7, 11) is 0. The minimum atomic E-state index is 0.172. The van der Waals surface area contributed by atoms with Gasteiger partial charge in [-0.25, -0.2) is 4.98 Å². The van der Waals surface area contributed by atoms with Gasteiger partial charge < -0.3 is 10.5 Å². The van der Waals surface area contributed by atoms with E-state index < -0.39 is 0 Å². The van der Waals surface area contributed by atoms with Crippen LogP contribution in [0.4, 0.5) is 5.95 Å². The van der Waals surface area contributed by atoms with E-state index in [1.165, 1.54) is 0 Å². The van der Waals surface area contributed by atoms with Gasteiger partial charge in [-0.05, 0) is 31.2 Å². The molecule has 20 heavy (non-hydrogen) atoms. The van der Waals surface area contributed by atoms with E-state index in [-0.39, 0.29) is 5.95 Å². The van der Waals surface area contributed by atoms with E-state index in [0.29, 0.717) is 22.2 Å². The molecule has 2 aromatic heterocycles. The molecule has 0 spiro atoms. The van der Waals surface area contributed by atoms with Crippen LogP contribution in [0, 0.1) is 6.92 Å². The number of anilines is 1. The van der Waals surface area contributed by atoms with E-state index in [1.54, 1.807) is 24.4 Å². The highest BCUT2D eigenvalue weighted by Gasteiger charge is 2.09. The van der Waals surface area contributed by atoms with Gasteiger partial charge in [-0.2, -0.15) is 4.98 Å². The summed E-state index contributed by atoms with van der Waals surface area (Å²) >= 11 is 6.14. The SMILES string of the molecule is Cc1cc(Oc2ccc(Cl)c3cccnc23)nc(N)n1. The summed E-state index contributed by atoms with van der Waals surface area (Å²) in [5.41, 5.74) is 7.02. The minimum absolute atomic E-state index is 0.172. The number of halogens is 1. The van der Waals surface area contributed by atoms with Gasteiger partial charge >= 0.3 is 0 Å². The lowest BCUT2D eigenvalue weighted by Crippen LogP contribution is -1.99. The van der Waals surface area contributed by atoms with Crippen LogP contribution in [0.5, 0.6) is 11.6 Å². The van der Waals surface area contributed by atoms with E-state index >= 15 is 0 Å². The predicted molar refractivity (Wildman–Crippen MR) is 78.0 cm³/mol. The van der Waals surface area contributed by atoms with Gasteiger partial charge in [-0.15, -0.1) is 0 Å². The quantitative estimate of drug-likeness (QED) is 0.782. The van der Waals surface area contributed by atoms with Gasteiger partial charge in [0.25, 0.3) is 0 Å². The Hall–Kier alpha value is -2.40. The molecule has 0 amide bonds. The predicted octanol–water partition coefficient (Wildman–Crippen LogP) is 3.36. The fourth-order valence-electron chi connectivity index (χ4n) is 1.92. The molecule has 3 aromatic rings. The van der Waals surface area contributed by atoms with Crippen molar-refractivity contribution in [2.24, 2.45) is 0 Å². The lowest BCUT2D eigenvalue weighted by Gasteiger charge is -2.09. The van der Waals surface area contributed by atoms with Crippen molar-refractivity contribution in [3.8, 4) is 11.6 Å². The van der Waals surface area contributed by atoms with E-state index in [2.05, 4.69) is 15.0 Å². The summed E-state index contributed by atoms with van der Waals surface area (Å²) in [5, 5.41) is 1.45. The van der Waals surface area contributed by atoms with Crippen LogP contribution < -0.4 is 10.5 Å². The zero-order valence-electron chi connectivity index (χ0n) is 10.7. The monoisotopic (exact) mass is 286 g/mol. The molecule has 5 nitrogen and oxygen atoms in total. The highest BCUT2D eigenvalue weighted by Crippen LogP contribution is 2.32. The smallest absolute Gasteiger partial charge is 0.224 e. The lowest BCUT2D eigenvalue weighted by atomic mass is 10.2. The normalized spacial score (nSPS) is 10.7. The summed E-state index contributed by atoms with van der Waals surface area (Å²) in [6.45, 7) is 1.82. The van der Waals surface area contributed by atoms with Crippen LogP contribution >= 0.6 is 11.6 Å². The van der Waals surface area contributed by atoms with Crippen molar-refractivity contribution in [1.29, 1.82) is 0 Å². The Kier molecular flexibility index (Phi) is 3.12. The van der Waals surface area contributed by atoms with Crippen molar-refractivity contribution in [3.05, 3.63) is 47.2 Å². The van der Waals surface area contributed by atoms with Gasteiger partial charge in [0.15, 0.2) is 5.75 Å². The summed E-state index contributed by atoms with van der Waals surface area (Å²) in [6.07, 6.45) is 1.69. The Morgan fingerprint density at radius 2 is 2.05 bits per heavy atom. The van der Waals surface area contributed by atoms with E-state index in [1.807, 2.05) is 19.1 Å². The van der Waals surface area contributed by atoms with Gasteiger partial charge in [-0.3, -0.25) is 4.98 Å². The second-order valence-electron chi connectivity index (χ2n) is 4.25. The maximum atomic E-state index is 6.14.